The number of ether oxygens (including phenoxy) is 1. The molecule has 0 radical (unpaired) electrons. The van der Waals surface area contributed by atoms with Crippen molar-refractivity contribution in [2.24, 2.45) is 0 Å². The van der Waals surface area contributed by atoms with Gasteiger partial charge in [0.1, 0.15) is 0 Å². The monoisotopic (exact) mass is 351 g/mol. The Hall–Kier alpha value is -2.17. The predicted octanol–water partition coefficient (Wildman–Crippen LogP) is 4.27. The first kappa shape index (κ1) is 16.3. The molecule has 4 heteroatoms. The Kier molecular flexibility index (Phi) is 4.55. The summed E-state index contributed by atoms with van der Waals surface area (Å²) in [5, 5.41) is 7.74. The highest BCUT2D eigenvalue weighted by atomic mass is 32.1. The van der Waals surface area contributed by atoms with Crippen LogP contribution >= 0.6 is 11.3 Å². The van der Waals surface area contributed by atoms with E-state index in [0.29, 0.717) is 19.6 Å². The topological polar surface area (TPSA) is 38.3 Å². The van der Waals surface area contributed by atoms with Gasteiger partial charge < -0.3 is 10.1 Å². The minimum Gasteiger partial charge on any atom is -0.381 e. The first-order chi connectivity index (χ1) is 12.3. The zero-order valence-electron chi connectivity index (χ0n) is 14.0. The van der Waals surface area contributed by atoms with E-state index in [1.54, 1.807) is 11.3 Å². The minimum atomic E-state index is -0.284. The average molecular weight is 351 g/mol. The summed E-state index contributed by atoms with van der Waals surface area (Å²) in [6.07, 6.45) is 2.05. The molecule has 0 atom stereocenters. The summed E-state index contributed by atoms with van der Waals surface area (Å²) in [4.78, 5) is 14.1. The molecule has 2 aromatic carbocycles. The summed E-state index contributed by atoms with van der Waals surface area (Å²) >= 11 is 1.71. The number of hydrogen-bond acceptors (Lipinski definition) is 3. The maximum absolute atomic E-state index is 12.9. The van der Waals surface area contributed by atoms with Crippen molar-refractivity contribution in [1.82, 2.24) is 5.32 Å². The van der Waals surface area contributed by atoms with E-state index < -0.39 is 0 Å². The van der Waals surface area contributed by atoms with Gasteiger partial charge >= 0.3 is 0 Å². The summed E-state index contributed by atoms with van der Waals surface area (Å²) in [7, 11) is 0. The van der Waals surface area contributed by atoms with Crippen LogP contribution in [0.25, 0.3) is 10.8 Å². The second kappa shape index (κ2) is 6.98. The Labute approximate surface area is 151 Å². The SMILES string of the molecule is O=C(Cc1cccc2ccccc12)NC1(c2cccs2)CCOCC1. The molecule has 0 saturated carbocycles. The molecule has 3 aromatic rings. The molecule has 1 saturated heterocycles. The molecule has 1 N–H and O–H groups in total. The molecule has 0 bridgehead atoms. The van der Waals surface area contributed by atoms with Crippen molar-refractivity contribution in [2.45, 2.75) is 24.8 Å². The van der Waals surface area contributed by atoms with Crippen LogP contribution in [0.1, 0.15) is 23.3 Å². The zero-order chi connectivity index (χ0) is 17.1. The van der Waals surface area contributed by atoms with Gasteiger partial charge in [0.15, 0.2) is 0 Å². The molecule has 2 heterocycles. The molecule has 128 valence electrons. The average Bonchev–Trinajstić information content (AvgIpc) is 3.18. The maximum Gasteiger partial charge on any atom is 0.225 e. The van der Waals surface area contributed by atoms with Gasteiger partial charge in [-0.15, -0.1) is 11.3 Å². The van der Waals surface area contributed by atoms with Crippen molar-refractivity contribution in [3.63, 3.8) is 0 Å². The Bertz CT molecular complexity index is 861. The molecular formula is C21H21NO2S. The highest BCUT2D eigenvalue weighted by Crippen LogP contribution is 2.35. The quantitative estimate of drug-likeness (QED) is 0.762. The van der Waals surface area contributed by atoms with Gasteiger partial charge in [-0.2, -0.15) is 0 Å². The number of rotatable bonds is 4. The van der Waals surface area contributed by atoms with Crippen LogP contribution in [0.15, 0.2) is 60.0 Å². The Morgan fingerprint density at radius 1 is 1.04 bits per heavy atom. The molecule has 1 amide bonds. The van der Waals surface area contributed by atoms with Crippen LogP contribution in [0.5, 0.6) is 0 Å². The van der Waals surface area contributed by atoms with Crippen molar-refractivity contribution in [2.75, 3.05) is 13.2 Å². The highest BCUT2D eigenvalue weighted by molar-refractivity contribution is 7.10. The summed E-state index contributed by atoms with van der Waals surface area (Å²) in [5.74, 6) is 0.0756. The lowest BCUT2D eigenvalue weighted by molar-refractivity contribution is -0.123. The lowest BCUT2D eigenvalue weighted by Crippen LogP contribution is -2.49. The Morgan fingerprint density at radius 2 is 1.84 bits per heavy atom. The first-order valence-corrected chi connectivity index (χ1v) is 9.54. The molecule has 0 spiro atoms. The maximum atomic E-state index is 12.9. The number of thiophene rings is 1. The van der Waals surface area contributed by atoms with Crippen molar-refractivity contribution < 1.29 is 9.53 Å². The van der Waals surface area contributed by atoms with Crippen LogP contribution < -0.4 is 5.32 Å². The lowest BCUT2D eigenvalue weighted by atomic mass is 9.88. The van der Waals surface area contributed by atoms with Gasteiger partial charge in [0.2, 0.25) is 5.91 Å². The van der Waals surface area contributed by atoms with Gasteiger partial charge in [0.25, 0.3) is 0 Å². The van der Waals surface area contributed by atoms with Crippen molar-refractivity contribution in [3.05, 3.63) is 70.4 Å². The lowest BCUT2D eigenvalue weighted by Gasteiger charge is -2.37. The third-order valence-electron chi connectivity index (χ3n) is 4.95. The van der Waals surface area contributed by atoms with Crippen molar-refractivity contribution in [1.29, 1.82) is 0 Å². The van der Waals surface area contributed by atoms with Crippen LogP contribution in [0.2, 0.25) is 0 Å². The number of fused-ring (bicyclic) bond motifs is 1. The third-order valence-corrected chi connectivity index (χ3v) is 6.02. The van der Waals surface area contributed by atoms with E-state index in [4.69, 9.17) is 4.74 Å². The highest BCUT2D eigenvalue weighted by Gasteiger charge is 2.36. The van der Waals surface area contributed by atoms with Gasteiger partial charge in [-0.05, 0) is 40.6 Å². The number of amides is 1. The fourth-order valence-electron chi connectivity index (χ4n) is 3.63. The fraction of sp³-hybridized carbons (Fsp3) is 0.286. The summed E-state index contributed by atoms with van der Waals surface area (Å²) in [6, 6.07) is 18.5. The number of benzene rings is 2. The third kappa shape index (κ3) is 3.32. The fourth-order valence-corrected chi connectivity index (χ4v) is 4.58. The van der Waals surface area contributed by atoms with E-state index in [1.165, 1.54) is 10.3 Å². The van der Waals surface area contributed by atoms with Crippen molar-refractivity contribution >= 4 is 28.0 Å². The van der Waals surface area contributed by atoms with Crippen molar-refractivity contribution in [3.8, 4) is 0 Å². The zero-order valence-corrected chi connectivity index (χ0v) is 14.9. The van der Waals surface area contributed by atoms with Gasteiger partial charge in [-0.25, -0.2) is 0 Å². The first-order valence-electron chi connectivity index (χ1n) is 8.66. The van der Waals surface area contributed by atoms with Gasteiger partial charge in [-0.3, -0.25) is 4.79 Å². The predicted molar refractivity (Wildman–Crippen MR) is 102 cm³/mol. The Morgan fingerprint density at radius 3 is 2.64 bits per heavy atom. The van der Waals surface area contributed by atoms with E-state index in [9.17, 15) is 4.79 Å². The smallest absolute Gasteiger partial charge is 0.225 e. The molecule has 0 unspecified atom stereocenters. The van der Waals surface area contributed by atoms with Gasteiger partial charge in [0, 0.05) is 18.1 Å². The molecule has 0 aliphatic carbocycles. The van der Waals surface area contributed by atoms with E-state index in [2.05, 4.69) is 35.0 Å². The van der Waals surface area contributed by atoms with E-state index in [1.807, 2.05) is 30.3 Å². The van der Waals surface area contributed by atoms with Crippen LogP contribution in [0.3, 0.4) is 0 Å². The minimum absolute atomic E-state index is 0.0756. The second-order valence-corrected chi connectivity index (χ2v) is 7.48. The molecular weight excluding hydrogens is 330 g/mol. The van der Waals surface area contributed by atoms with E-state index in [-0.39, 0.29) is 11.4 Å². The van der Waals surface area contributed by atoms with Gasteiger partial charge in [-0.1, -0.05) is 48.5 Å². The normalized spacial score (nSPS) is 16.6. The molecule has 1 aromatic heterocycles. The number of nitrogens with one attached hydrogen (secondary N) is 1. The van der Waals surface area contributed by atoms with Gasteiger partial charge in [0.05, 0.1) is 12.0 Å². The summed E-state index contributed by atoms with van der Waals surface area (Å²) < 4.78 is 5.53. The second-order valence-electron chi connectivity index (χ2n) is 6.54. The Balaban J connectivity index is 1.58. The summed E-state index contributed by atoms with van der Waals surface area (Å²) in [5.41, 5.74) is 0.789. The molecule has 1 aliphatic rings. The van der Waals surface area contributed by atoms with Crippen LogP contribution in [-0.4, -0.2) is 19.1 Å². The number of carbonyl (C=O) groups excluding carboxylic acids is 1. The summed E-state index contributed by atoms with van der Waals surface area (Å²) in [6.45, 7) is 1.37. The van der Waals surface area contributed by atoms with Crippen LogP contribution in [0, 0.1) is 0 Å². The molecule has 1 fully saturated rings. The number of hydrogen-bond donors (Lipinski definition) is 1. The molecule has 4 rings (SSSR count). The molecule has 1 aliphatic heterocycles. The van der Waals surface area contributed by atoms with E-state index in [0.717, 1.165) is 23.8 Å². The molecule has 25 heavy (non-hydrogen) atoms. The van der Waals surface area contributed by atoms with Crippen LogP contribution in [-0.2, 0) is 21.5 Å². The van der Waals surface area contributed by atoms with Crippen LogP contribution in [0.4, 0.5) is 0 Å². The number of carbonyl (C=O) groups is 1. The standard InChI is InChI=1S/C21H21NO2S/c23-20(15-17-7-3-6-16-5-1-2-8-18(16)17)22-21(10-12-24-13-11-21)19-9-4-14-25-19/h1-9,14H,10-13,15H2,(H,22,23). The molecule has 3 nitrogen and oxygen atoms in total. The largest absolute Gasteiger partial charge is 0.381 e. The van der Waals surface area contributed by atoms with E-state index >= 15 is 0 Å².